The van der Waals surface area contributed by atoms with Crippen molar-refractivity contribution in [2.75, 3.05) is 11.9 Å². The number of amides is 1. The molecule has 0 saturated heterocycles. The zero-order chi connectivity index (χ0) is 17.7. The van der Waals surface area contributed by atoms with Crippen LogP contribution in [0.2, 0.25) is 0 Å². The maximum absolute atomic E-state index is 12.3. The molecule has 3 rings (SSSR count). The second-order valence-electron chi connectivity index (χ2n) is 7.05. The molecular formula is C17H20N2O4S. The number of thiophene rings is 1. The van der Waals surface area contributed by atoms with Crippen molar-refractivity contribution in [2.24, 2.45) is 4.99 Å². The molecule has 128 valence electrons. The number of rotatable bonds is 3. The number of anilines is 1. The minimum Gasteiger partial charge on any atom is -0.478 e. The van der Waals surface area contributed by atoms with Gasteiger partial charge in [0.25, 0.3) is 5.91 Å². The zero-order valence-corrected chi connectivity index (χ0v) is 14.9. The SMILES string of the molecule is CC1(C)Cc2c(sc(NC(=O)C3=NCC=C3)c2C(=O)O)C(C)(C)O1. The minimum absolute atomic E-state index is 0.162. The number of fused-ring (bicyclic) bond motifs is 1. The molecule has 0 bridgehead atoms. The number of carboxylic acid groups (broad SMARTS) is 1. The molecule has 0 fully saturated rings. The van der Waals surface area contributed by atoms with Gasteiger partial charge in [-0.1, -0.05) is 6.08 Å². The molecule has 0 spiro atoms. The van der Waals surface area contributed by atoms with Gasteiger partial charge in [-0.2, -0.15) is 0 Å². The molecule has 1 aromatic rings. The third-order valence-corrected chi connectivity index (χ3v) is 5.46. The minimum atomic E-state index is -1.04. The second-order valence-corrected chi connectivity index (χ2v) is 8.07. The van der Waals surface area contributed by atoms with Crippen LogP contribution in [-0.2, 0) is 21.6 Å². The number of carbonyl (C=O) groups is 2. The van der Waals surface area contributed by atoms with Gasteiger partial charge in [-0.3, -0.25) is 9.79 Å². The maximum Gasteiger partial charge on any atom is 0.339 e. The summed E-state index contributed by atoms with van der Waals surface area (Å²) in [7, 11) is 0. The van der Waals surface area contributed by atoms with Gasteiger partial charge in [0.15, 0.2) is 0 Å². The molecule has 2 aliphatic rings. The molecule has 3 heterocycles. The Hall–Kier alpha value is -1.99. The van der Waals surface area contributed by atoms with Gasteiger partial charge in [0.1, 0.15) is 10.7 Å². The van der Waals surface area contributed by atoms with E-state index in [1.165, 1.54) is 11.3 Å². The summed E-state index contributed by atoms with van der Waals surface area (Å²) in [6.45, 7) is 8.20. The highest BCUT2D eigenvalue weighted by molar-refractivity contribution is 7.17. The Morgan fingerprint density at radius 2 is 2.04 bits per heavy atom. The molecular weight excluding hydrogens is 328 g/mol. The van der Waals surface area contributed by atoms with Crippen molar-refractivity contribution in [1.82, 2.24) is 0 Å². The summed E-state index contributed by atoms with van der Waals surface area (Å²) in [5, 5.41) is 12.8. The molecule has 0 aliphatic carbocycles. The fraction of sp³-hybridized carbons (Fsp3) is 0.471. The van der Waals surface area contributed by atoms with Crippen LogP contribution in [0.4, 0.5) is 5.00 Å². The van der Waals surface area contributed by atoms with Crippen molar-refractivity contribution in [3.63, 3.8) is 0 Å². The van der Waals surface area contributed by atoms with Gasteiger partial charge >= 0.3 is 5.97 Å². The lowest BCUT2D eigenvalue weighted by Gasteiger charge is -2.41. The van der Waals surface area contributed by atoms with Crippen molar-refractivity contribution in [1.29, 1.82) is 0 Å². The van der Waals surface area contributed by atoms with Crippen LogP contribution in [0.15, 0.2) is 17.1 Å². The maximum atomic E-state index is 12.3. The number of carbonyl (C=O) groups excluding carboxylic acids is 1. The molecule has 24 heavy (non-hydrogen) atoms. The molecule has 0 radical (unpaired) electrons. The van der Waals surface area contributed by atoms with Gasteiger partial charge in [0, 0.05) is 11.3 Å². The van der Waals surface area contributed by atoms with E-state index in [4.69, 9.17) is 4.74 Å². The zero-order valence-electron chi connectivity index (χ0n) is 14.1. The first kappa shape index (κ1) is 16.9. The number of carboxylic acids is 1. The molecule has 7 heteroatoms. The van der Waals surface area contributed by atoms with E-state index in [0.717, 1.165) is 10.4 Å². The highest BCUT2D eigenvalue weighted by Crippen LogP contribution is 2.48. The summed E-state index contributed by atoms with van der Waals surface area (Å²) in [5.74, 6) is -1.43. The molecule has 2 N–H and O–H groups in total. The Kier molecular flexibility index (Phi) is 3.88. The highest BCUT2D eigenvalue weighted by atomic mass is 32.1. The summed E-state index contributed by atoms with van der Waals surface area (Å²) in [6.07, 6.45) is 3.91. The van der Waals surface area contributed by atoms with Gasteiger partial charge in [0.05, 0.1) is 23.3 Å². The fourth-order valence-electron chi connectivity index (χ4n) is 3.32. The van der Waals surface area contributed by atoms with Crippen molar-refractivity contribution in [2.45, 2.75) is 45.3 Å². The van der Waals surface area contributed by atoms with Crippen molar-refractivity contribution >= 4 is 33.9 Å². The monoisotopic (exact) mass is 348 g/mol. The van der Waals surface area contributed by atoms with E-state index < -0.39 is 17.2 Å². The lowest BCUT2D eigenvalue weighted by atomic mass is 9.86. The quantitative estimate of drug-likeness (QED) is 0.879. The first-order valence-electron chi connectivity index (χ1n) is 7.73. The Balaban J connectivity index is 2.05. The summed E-state index contributed by atoms with van der Waals surface area (Å²) in [4.78, 5) is 29.0. The van der Waals surface area contributed by atoms with Crippen molar-refractivity contribution in [3.8, 4) is 0 Å². The van der Waals surface area contributed by atoms with Crippen LogP contribution in [0.25, 0.3) is 0 Å². The smallest absolute Gasteiger partial charge is 0.339 e. The average molecular weight is 348 g/mol. The first-order valence-corrected chi connectivity index (χ1v) is 8.54. The van der Waals surface area contributed by atoms with Crippen LogP contribution in [-0.4, -0.2) is 34.8 Å². The van der Waals surface area contributed by atoms with Gasteiger partial charge < -0.3 is 15.2 Å². The van der Waals surface area contributed by atoms with Crippen molar-refractivity contribution < 1.29 is 19.4 Å². The number of aliphatic imine (C=N–C) groups is 1. The Morgan fingerprint density at radius 1 is 1.33 bits per heavy atom. The third-order valence-electron chi connectivity index (χ3n) is 4.00. The number of hydrogen-bond acceptors (Lipinski definition) is 5. The van der Waals surface area contributed by atoms with E-state index in [2.05, 4.69) is 10.3 Å². The third kappa shape index (κ3) is 2.89. The lowest BCUT2D eigenvalue weighted by Crippen LogP contribution is -2.41. The fourth-order valence-corrected chi connectivity index (χ4v) is 4.56. The molecule has 0 saturated carbocycles. The van der Waals surface area contributed by atoms with Crippen LogP contribution >= 0.6 is 11.3 Å². The van der Waals surface area contributed by atoms with Crippen LogP contribution in [0.3, 0.4) is 0 Å². The molecule has 0 atom stereocenters. The van der Waals surface area contributed by atoms with Gasteiger partial charge in [-0.25, -0.2) is 4.79 Å². The second kappa shape index (κ2) is 5.53. The topological polar surface area (TPSA) is 88.0 Å². The lowest BCUT2D eigenvalue weighted by molar-refractivity contribution is -0.135. The van der Waals surface area contributed by atoms with E-state index in [1.54, 1.807) is 12.2 Å². The molecule has 0 unspecified atom stereocenters. The van der Waals surface area contributed by atoms with E-state index >= 15 is 0 Å². The normalized spacial score (nSPS) is 20.4. The van der Waals surface area contributed by atoms with E-state index in [-0.39, 0.29) is 11.5 Å². The number of aromatic carboxylic acids is 1. The predicted molar refractivity (Wildman–Crippen MR) is 93.2 cm³/mol. The van der Waals surface area contributed by atoms with E-state index in [9.17, 15) is 14.7 Å². The Bertz CT molecular complexity index is 787. The van der Waals surface area contributed by atoms with Crippen molar-refractivity contribution in [3.05, 3.63) is 28.2 Å². The predicted octanol–water partition coefficient (Wildman–Crippen LogP) is 2.98. The molecule has 0 aromatic carbocycles. The summed E-state index contributed by atoms with van der Waals surface area (Å²) in [6, 6.07) is 0. The number of hydrogen-bond donors (Lipinski definition) is 2. The van der Waals surface area contributed by atoms with Gasteiger partial charge in [-0.05, 0) is 39.3 Å². The summed E-state index contributed by atoms with van der Waals surface area (Å²) in [5.41, 5.74) is 0.137. The average Bonchev–Trinajstić information content (AvgIpc) is 3.03. The number of nitrogens with one attached hydrogen (secondary N) is 1. The van der Waals surface area contributed by atoms with Crippen LogP contribution in [0.1, 0.15) is 48.5 Å². The van der Waals surface area contributed by atoms with E-state index in [1.807, 2.05) is 27.7 Å². The Morgan fingerprint density at radius 3 is 2.62 bits per heavy atom. The van der Waals surface area contributed by atoms with Crippen LogP contribution in [0.5, 0.6) is 0 Å². The van der Waals surface area contributed by atoms with Gasteiger partial charge in [0.2, 0.25) is 0 Å². The largest absolute Gasteiger partial charge is 0.478 e. The van der Waals surface area contributed by atoms with Crippen LogP contribution in [0, 0.1) is 0 Å². The molecule has 6 nitrogen and oxygen atoms in total. The summed E-state index contributed by atoms with van der Waals surface area (Å²) >= 11 is 1.27. The molecule has 2 aliphatic heterocycles. The standard InChI is InChI=1S/C17H20N2O4S/c1-16(2)8-9-11(15(21)22)14(24-12(9)17(3,4)23-16)19-13(20)10-6-5-7-18-10/h5-6H,7-8H2,1-4H3,(H,19,20)(H,21,22). The van der Waals surface area contributed by atoms with E-state index in [0.29, 0.717) is 23.7 Å². The van der Waals surface area contributed by atoms with Gasteiger partial charge in [-0.15, -0.1) is 11.3 Å². The summed E-state index contributed by atoms with van der Waals surface area (Å²) < 4.78 is 6.11. The number of ether oxygens (including phenoxy) is 1. The molecule has 1 aromatic heterocycles. The molecule has 1 amide bonds. The number of nitrogens with zero attached hydrogens (tertiary/aromatic N) is 1. The Labute approximate surface area is 144 Å². The first-order chi connectivity index (χ1) is 11.1. The highest BCUT2D eigenvalue weighted by Gasteiger charge is 2.43. The van der Waals surface area contributed by atoms with Crippen LogP contribution < -0.4 is 5.32 Å².